The highest BCUT2D eigenvalue weighted by molar-refractivity contribution is 7.89. The fourth-order valence-corrected chi connectivity index (χ4v) is 3.08. The lowest BCUT2D eigenvalue weighted by Crippen LogP contribution is -2.27. The Morgan fingerprint density at radius 1 is 1.55 bits per heavy atom. The number of aryl methyl sites for hydroxylation is 1. The molecule has 0 atom stereocenters. The van der Waals surface area contributed by atoms with Gasteiger partial charge < -0.3 is 9.52 Å². The summed E-state index contributed by atoms with van der Waals surface area (Å²) in [4.78, 5) is 10.6. The molecule has 9 heteroatoms. The van der Waals surface area contributed by atoms with Crippen LogP contribution in [0, 0.1) is 6.92 Å². The van der Waals surface area contributed by atoms with Gasteiger partial charge in [0.25, 0.3) is 0 Å². The molecule has 0 unspecified atom stereocenters. The Balaban J connectivity index is 2.14. The minimum Gasteiger partial charge on any atom is -0.476 e. The summed E-state index contributed by atoms with van der Waals surface area (Å²) >= 11 is 0. The van der Waals surface area contributed by atoms with Gasteiger partial charge in [0.15, 0.2) is 5.69 Å². The van der Waals surface area contributed by atoms with Crippen LogP contribution in [0.5, 0.6) is 0 Å². The molecule has 0 aromatic carbocycles. The molecule has 8 nitrogen and oxygen atoms in total. The molecule has 0 bridgehead atoms. The van der Waals surface area contributed by atoms with Crippen molar-refractivity contribution in [3.05, 3.63) is 35.5 Å². The average Bonchev–Trinajstić information content (AvgIpc) is 2.98. The fraction of sp³-hybridized carbons (Fsp3) is 0.273. The van der Waals surface area contributed by atoms with Gasteiger partial charge in [0.2, 0.25) is 10.0 Å². The number of aromatic nitrogens is 2. The number of H-pyrrole nitrogens is 1. The maximum absolute atomic E-state index is 12.1. The van der Waals surface area contributed by atoms with Crippen LogP contribution in [0.2, 0.25) is 0 Å². The highest BCUT2D eigenvalue weighted by Gasteiger charge is 2.27. The standard InChI is InChI=1S/C11H13N3O5S/c1-7-10(9(11(15)16)14-13-7)20(17,18)12-5-4-8-3-2-6-19-8/h2-3,6,12H,4-5H2,1H3,(H,13,14)(H,15,16). The van der Waals surface area contributed by atoms with E-state index >= 15 is 0 Å². The minimum absolute atomic E-state index is 0.0968. The van der Waals surface area contributed by atoms with Crippen LogP contribution in [0.15, 0.2) is 27.7 Å². The molecule has 108 valence electrons. The summed E-state index contributed by atoms with van der Waals surface area (Å²) in [6.07, 6.45) is 1.86. The Morgan fingerprint density at radius 3 is 2.90 bits per heavy atom. The number of carboxylic acid groups (broad SMARTS) is 1. The molecule has 0 aliphatic carbocycles. The van der Waals surface area contributed by atoms with Gasteiger partial charge in [-0.25, -0.2) is 17.9 Å². The zero-order valence-electron chi connectivity index (χ0n) is 10.6. The number of rotatable bonds is 6. The van der Waals surface area contributed by atoms with Crippen molar-refractivity contribution in [1.29, 1.82) is 0 Å². The number of carboxylic acids is 1. The third-order valence-corrected chi connectivity index (χ3v) is 4.23. The van der Waals surface area contributed by atoms with Crippen LogP contribution in [-0.4, -0.2) is 36.2 Å². The summed E-state index contributed by atoms with van der Waals surface area (Å²) in [6, 6.07) is 3.42. The predicted molar refractivity (Wildman–Crippen MR) is 67.9 cm³/mol. The van der Waals surface area contributed by atoms with E-state index in [9.17, 15) is 13.2 Å². The van der Waals surface area contributed by atoms with Gasteiger partial charge in [-0.2, -0.15) is 5.10 Å². The first-order chi connectivity index (χ1) is 9.42. The van der Waals surface area contributed by atoms with Gasteiger partial charge in [-0.3, -0.25) is 5.10 Å². The van der Waals surface area contributed by atoms with Crippen LogP contribution in [-0.2, 0) is 16.4 Å². The molecule has 0 aliphatic heterocycles. The molecule has 3 N–H and O–H groups in total. The highest BCUT2D eigenvalue weighted by atomic mass is 32.2. The highest BCUT2D eigenvalue weighted by Crippen LogP contribution is 2.17. The molecule has 0 aliphatic rings. The molecule has 0 spiro atoms. The third-order valence-electron chi connectivity index (χ3n) is 2.61. The molecular formula is C11H13N3O5S. The van der Waals surface area contributed by atoms with E-state index in [1.54, 1.807) is 12.1 Å². The summed E-state index contributed by atoms with van der Waals surface area (Å²) in [5.74, 6) is -0.768. The Kier molecular flexibility index (Phi) is 3.91. The van der Waals surface area contributed by atoms with Crippen LogP contribution in [0.1, 0.15) is 21.9 Å². The van der Waals surface area contributed by atoms with Gasteiger partial charge in [-0.05, 0) is 19.1 Å². The van der Waals surface area contributed by atoms with Crippen LogP contribution in [0.25, 0.3) is 0 Å². The monoisotopic (exact) mass is 299 g/mol. The summed E-state index contributed by atoms with van der Waals surface area (Å²) in [5.41, 5.74) is -0.346. The lowest BCUT2D eigenvalue weighted by atomic mass is 10.3. The van der Waals surface area contributed by atoms with Crippen molar-refractivity contribution in [1.82, 2.24) is 14.9 Å². The number of nitrogens with zero attached hydrogens (tertiary/aromatic N) is 1. The second-order valence-corrected chi connectivity index (χ2v) is 5.76. The molecular weight excluding hydrogens is 286 g/mol. The van der Waals surface area contributed by atoms with Crippen molar-refractivity contribution in [2.45, 2.75) is 18.2 Å². The predicted octanol–water partition coefficient (Wildman–Crippen LogP) is 0.530. The number of aromatic carboxylic acids is 1. The number of furan rings is 1. The van der Waals surface area contributed by atoms with Gasteiger partial charge in [-0.1, -0.05) is 0 Å². The van der Waals surface area contributed by atoms with Gasteiger partial charge >= 0.3 is 5.97 Å². The van der Waals surface area contributed by atoms with E-state index in [0.717, 1.165) is 0 Å². The van der Waals surface area contributed by atoms with E-state index in [4.69, 9.17) is 9.52 Å². The molecule has 20 heavy (non-hydrogen) atoms. The first-order valence-electron chi connectivity index (χ1n) is 5.72. The Morgan fingerprint density at radius 2 is 2.30 bits per heavy atom. The van der Waals surface area contributed by atoms with E-state index in [1.165, 1.54) is 13.2 Å². The number of sulfonamides is 1. The maximum atomic E-state index is 12.1. The van der Waals surface area contributed by atoms with Crippen LogP contribution in [0.3, 0.4) is 0 Å². The van der Waals surface area contributed by atoms with Gasteiger partial charge in [0.1, 0.15) is 10.7 Å². The second kappa shape index (κ2) is 5.47. The topological polar surface area (TPSA) is 125 Å². The van der Waals surface area contributed by atoms with E-state index in [1.807, 2.05) is 0 Å². The largest absolute Gasteiger partial charge is 0.476 e. The van der Waals surface area contributed by atoms with Gasteiger partial charge in [-0.15, -0.1) is 0 Å². The maximum Gasteiger partial charge on any atom is 0.357 e. The van der Waals surface area contributed by atoms with Gasteiger partial charge in [0, 0.05) is 13.0 Å². The Hall–Kier alpha value is -2.13. The summed E-state index contributed by atoms with van der Waals surface area (Å²) in [7, 11) is -3.94. The van der Waals surface area contributed by atoms with Crippen molar-refractivity contribution in [3.8, 4) is 0 Å². The fourth-order valence-electron chi connectivity index (χ4n) is 1.73. The van der Waals surface area contributed by atoms with Crippen molar-refractivity contribution in [2.24, 2.45) is 0 Å². The van der Waals surface area contributed by atoms with Gasteiger partial charge in [0.05, 0.1) is 12.0 Å². The number of carbonyl (C=O) groups is 1. The van der Waals surface area contributed by atoms with E-state index in [0.29, 0.717) is 12.2 Å². The average molecular weight is 299 g/mol. The van der Waals surface area contributed by atoms with E-state index < -0.39 is 21.7 Å². The summed E-state index contributed by atoms with van der Waals surface area (Å²) in [6.45, 7) is 1.54. The van der Waals surface area contributed by atoms with Crippen molar-refractivity contribution >= 4 is 16.0 Å². The first-order valence-corrected chi connectivity index (χ1v) is 7.20. The molecule has 0 saturated heterocycles. The smallest absolute Gasteiger partial charge is 0.357 e. The number of hydrogen-bond donors (Lipinski definition) is 3. The Labute approximate surface area is 114 Å². The van der Waals surface area contributed by atoms with Crippen LogP contribution < -0.4 is 4.72 Å². The second-order valence-electron chi connectivity index (χ2n) is 4.06. The Bertz CT molecular complexity index is 703. The van der Waals surface area contributed by atoms with Crippen LogP contribution >= 0.6 is 0 Å². The van der Waals surface area contributed by atoms with E-state index in [-0.39, 0.29) is 17.1 Å². The zero-order valence-corrected chi connectivity index (χ0v) is 11.4. The molecule has 0 saturated carbocycles. The molecule has 0 fully saturated rings. The molecule has 2 aromatic heterocycles. The van der Waals surface area contributed by atoms with Crippen molar-refractivity contribution in [2.75, 3.05) is 6.54 Å². The molecule has 0 amide bonds. The quantitative estimate of drug-likeness (QED) is 0.714. The number of aromatic amines is 1. The van der Waals surface area contributed by atoms with E-state index in [2.05, 4.69) is 14.9 Å². The number of nitrogens with one attached hydrogen (secondary N) is 2. The molecule has 2 rings (SSSR count). The number of hydrogen-bond acceptors (Lipinski definition) is 5. The lowest BCUT2D eigenvalue weighted by molar-refractivity contribution is 0.0686. The molecule has 0 radical (unpaired) electrons. The zero-order chi connectivity index (χ0) is 14.8. The van der Waals surface area contributed by atoms with Crippen LogP contribution in [0.4, 0.5) is 0 Å². The summed E-state index contributed by atoms with van der Waals surface area (Å²) < 4.78 is 31.6. The van der Waals surface area contributed by atoms with Crippen molar-refractivity contribution in [3.63, 3.8) is 0 Å². The lowest BCUT2D eigenvalue weighted by Gasteiger charge is -2.05. The van der Waals surface area contributed by atoms with Crippen molar-refractivity contribution < 1.29 is 22.7 Å². The molecule has 2 heterocycles. The molecule has 2 aromatic rings. The minimum atomic E-state index is -3.94. The first kappa shape index (κ1) is 14.3. The third kappa shape index (κ3) is 2.89. The normalized spacial score (nSPS) is 11.7. The SMILES string of the molecule is Cc1[nH]nc(C(=O)O)c1S(=O)(=O)NCCc1ccco1. The summed E-state index contributed by atoms with van der Waals surface area (Å²) in [5, 5.41) is 14.8.